The standard InChI is InChI=1S/C19H19BrN2O4/c1-3-6-13-7-4-5-8-17(13)26-12-18(23)22-21-11-14-9-15(25-2)10-16(20)19(14)24/h3-5,7-11,24H,1,6,12H2,2H3,(H,22,23)/b21-11-. The summed E-state index contributed by atoms with van der Waals surface area (Å²) in [4.78, 5) is 11.9. The first-order valence-corrected chi connectivity index (χ1v) is 8.54. The highest BCUT2D eigenvalue weighted by Crippen LogP contribution is 2.31. The lowest BCUT2D eigenvalue weighted by Crippen LogP contribution is -2.24. The third-order valence-electron chi connectivity index (χ3n) is 3.39. The zero-order valence-electron chi connectivity index (χ0n) is 14.2. The number of amides is 1. The fraction of sp³-hybridized carbons (Fsp3) is 0.158. The molecule has 0 saturated heterocycles. The first kappa shape index (κ1) is 19.5. The molecule has 2 aromatic carbocycles. The lowest BCUT2D eigenvalue weighted by atomic mass is 10.1. The van der Waals surface area contributed by atoms with Crippen molar-refractivity contribution in [3.05, 3.63) is 64.7 Å². The Bertz CT molecular complexity index is 821. The number of carbonyl (C=O) groups excluding carboxylic acids is 1. The summed E-state index contributed by atoms with van der Waals surface area (Å²) in [7, 11) is 1.52. The number of phenols is 1. The van der Waals surface area contributed by atoms with Crippen LogP contribution in [0.3, 0.4) is 0 Å². The Labute approximate surface area is 160 Å². The van der Waals surface area contributed by atoms with E-state index < -0.39 is 5.91 Å². The van der Waals surface area contributed by atoms with Gasteiger partial charge in [-0.1, -0.05) is 24.3 Å². The lowest BCUT2D eigenvalue weighted by Gasteiger charge is -2.09. The lowest BCUT2D eigenvalue weighted by molar-refractivity contribution is -0.123. The zero-order valence-corrected chi connectivity index (χ0v) is 15.8. The van der Waals surface area contributed by atoms with E-state index in [1.165, 1.54) is 13.3 Å². The molecule has 7 heteroatoms. The number of hydrazone groups is 1. The molecule has 0 radical (unpaired) electrons. The quantitative estimate of drug-likeness (QED) is 0.391. The minimum atomic E-state index is -0.420. The zero-order chi connectivity index (χ0) is 18.9. The molecule has 0 spiro atoms. The molecular weight excluding hydrogens is 400 g/mol. The molecule has 0 aliphatic heterocycles. The molecule has 1 amide bonds. The molecule has 0 atom stereocenters. The number of allylic oxidation sites excluding steroid dienone is 1. The molecule has 0 heterocycles. The minimum absolute atomic E-state index is 0.00148. The molecular formula is C19H19BrN2O4. The maximum absolute atomic E-state index is 11.9. The summed E-state index contributed by atoms with van der Waals surface area (Å²) >= 11 is 3.22. The number of methoxy groups -OCH3 is 1. The normalized spacial score (nSPS) is 10.5. The molecule has 0 bridgehead atoms. The van der Waals surface area contributed by atoms with Crippen LogP contribution in [0.5, 0.6) is 17.2 Å². The summed E-state index contributed by atoms with van der Waals surface area (Å²) in [5.41, 5.74) is 3.70. The molecule has 0 saturated carbocycles. The van der Waals surface area contributed by atoms with Crippen molar-refractivity contribution in [2.24, 2.45) is 5.10 Å². The second-order valence-electron chi connectivity index (χ2n) is 5.23. The van der Waals surface area contributed by atoms with Gasteiger partial charge in [0, 0.05) is 5.56 Å². The van der Waals surface area contributed by atoms with Crippen LogP contribution in [0.1, 0.15) is 11.1 Å². The number of ether oxygens (including phenoxy) is 2. The number of carbonyl (C=O) groups is 1. The SMILES string of the molecule is C=CCc1ccccc1OCC(=O)N/N=C\c1cc(OC)cc(Br)c1O. The molecule has 6 nitrogen and oxygen atoms in total. The number of nitrogens with one attached hydrogen (secondary N) is 1. The van der Waals surface area contributed by atoms with Crippen LogP contribution in [0.25, 0.3) is 0 Å². The van der Waals surface area contributed by atoms with Crippen LogP contribution in [0.2, 0.25) is 0 Å². The maximum atomic E-state index is 11.9. The van der Waals surface area contributed by atoms with Gasteiger partial charge < -0.3 is 14.6 Å². The van der Waals surface area contributed by atoms with E-state index in [-0.39, 0.29) is 12.4 Å². The van der Waals surface area contributed by atoms with Crippen molar-refractivity contribution in [2.75, 3.05) is 13.7 Å². The van der Waals surface area contributed by atoms with Gasteiger partial charge in [-0.3, -0.25) is 4.79 Å². The van der Waals surface area contributed by atoms with Crippen molar-refractivity contribution >= 4 is 28.1 Å². The predicted molar refractivity (Wildman–Crippen MR) is 104 cm³/mol. The van der Waals surface area contributed by atoms with Gasteiger partial charge in [0.15, 0.2) is 6.61 Å². The average Bonchev–Trinajstić information content (AvgIpc) is 2.64. The number of rotatable bonds is 8. The summed E-state index contributed by atoms with van der Waals surface area (Å²) in [5, 5.41) is 13.8. The van der Waals surface area contributed by atoms with E-state index in [0.717, 1.165) is 5.56 Å². The number of benzene rings is 2. The highest BCUT2D eigenvalue weighted by molar-refractivity contribution is 9.10. The molecule has 0 unspecified atom stereocenters. The Morgan fingerprint density at radius 1 is 1.38 bits per heavy atom. The van der Waals surface area contributed by atoms with Gasteiger partial charge >= 0.3 is 0 Å². The highest BCUT2D eigenvalue weighted by Gasteiger charge is 2.08. The van der Waals surface area contributed by atoms with Gasteiger partial charge in [0.05, 0.1) is 17.8 Å². The van der Waals surface area contributed by atoms with Gasteiger partial charge in [-0.15, -0.1) is 6.58 Å². The Balaban J connectivity index is 1.94. The number of aromatic hydroxyl groups is 1. The number of hydrogen-bond acceptors (Lipinski definition) is 5. The molecule has 2 rings (SSSR count). The van der Waals surface area contributed by atoms with E-state index in [0.29, 0.717) is 28.0 Å². The van der Waals surface area contributed by atoms with E-state index in [4.69, 9.17) is 9.47 Å². The molecule has 136 valence electrons. The molecule has 2 aromatic rings. The van der Waals surface area contributed by atoms with Crippen molar-refractivity contribution < 1.29 is 19.4 Å². The molecule has 0 fully saturated rings. The Hall–Kier alpha value is -2.80. The fourth-order valence-corrected chi connectivity index (χ4v) is 2.58. The second-order valence-corrected chi connectivity index (χ2v) is 6.08. The average molecular weight is 419 g/mol. The summed E-state index contributed by atoms with van der Waals surface area (Å²) in [6.45, 7) is 3.52. The van der Waals surface area contributed by atoms with E-state index in [2.05, 4.69) is 33.0 Å². The minimum Gasteiger partial charge on any atom is -0.506 e. The largest absolute Gasteiger partial charge is 0.506 e. The van der Waals surface area contributed by atoms with E-state index in [1.807, 2.05) is 18.2 Å². The number of phenolic OH excluding ortho intramolecular Hbond substituents is 1. The molecule has 26 heavy (non-hydrogen) atoms. The summed E-state index contributed by atoms with van der Waals surface area (Å²) in [6, 6.07) is 10.7. The molecule has 0 aliphatic rings. The van der Waals surface area contributed by atoms with Crippen molar-refractivity contribution in [1.29, 1.82) is 0 Å². The number of para-hydroxylation sites is 1. The van der Waals surface area contributed by atoms with Crippen LogP contribution in [0.15, 0.2) is 58.6 Å². The summed E-state index contributed by atoms with van der Waals surface area (Å²) < 4.78 is 11.1. The monoisotopic (exact) mass is 418 g/mol. The van der Waals surface area contributed by atoms with Gasteiger partial charge in [-0.05, 0) is 46.1 Å². The first-order valence-electron chi connectivity index (χ1n) is 7.75. The van der Waals surface area contributed by atoms with Crippen molar-refractivity contribution in [2.45, 2.75) is 6.42 Å². The summed E-state index contributed by atoms with van der Waals surface area (Å²) in [5.74, 6) is 0.750. The van der Waals surface area contributed by atoms with E-state index in [9.17, 15) is 9.90 Å². The van der Waals surface area contributed by atoms with Crippen LogP contribution in [-0.4, -0.2) is 30.9 Å². The van der Waals surface area contributed by atoms with Crippen molar-refractivity contribution in [1.82, 2.24) is 5.43 Å². The molecule has 0 aliphatic carbocycles. The van der Waals surface area contributed by atoms with Crippen molar-refractivity contribution in [3.63, 3.8) is 0 Å². The van der Waals surface area contributed by atoms with Crippen LogP contribution in [0, 0.1) is 0 Å². The van der Waals surface area contributed by atoms with Crippen LogP contribution in [0.4, 0.5) is 0 Å². The fourth-order valence-electron chi connectivity index (χ4n) is 2.13. The number of hydrogen-bond donors (Lipinski definition) is 2. The van der Waals surface area contributed by atoms with Gasteiger partial charge in [0.25, 0.3) is 5.91 Å². The Morgan fingerprint density at radius 2 is 2.15 bits per heavy atom. The van der Waals surface area contributed by atoms with Crippen LogP contribution in [-0.2, 0) is 11.2 Å². The predicted octanol–water partition coefficient (Wildman–Crippen LogP) is 3.42. The van der Waals surface area contributed by atoms with Gasteiger partial charge in [-0.25, -0.2) is 5.43 Å². The number of nitrogens with zero attached hydrogens (tertiary/aromatic N) is 1. The van der Waals surface area contributed by atoms with Gasteiger partial charge in [-0.2, -0.15) is 5.10 Å². The first-order chi connectivity index (χ1) is 12.5. The third kappa shape index (κ3) is 5.35. The Kier molecular flexibility index (Phi) is 7.23. The maximum Gasteiger partial charge on any atom is 0.277 e. The smallest absolute Gasteiger partial charge is 0.277 e. The molecule has 0 aromatic heterocycles. The van der Waals surface area contributed by atoms with Gasteiger partial charge in [0.2, 0.25) is 0 Å². The van der Waals surface area contributed by atoms with E-state index >= 15 is 0 Å². The van der Waals surface area contributed by atoms with Gasteiger partial charge in [0.1, 0.15) is 17.2 Å². The highest BCUT2D eigenvalue weighted by atomic mass is 79.9. The van der Waals surface area contributed by atoms with E-state index in [1.54, 1.807) is 24.3 Å². The van der Waals surface area contributed by atoms with Crippen molar-refractivity contribution in [3.8, 4) is 17.2 Å². The summed E-state index contributed by atoms with van der Waals surface area (Å²) in [6.07, 6.45) is 3.75. The third-order valence-corrected chi connectivity index (χ3v) is 4.00. The molecule has 2 N–H and O–H groups in total. The van der Waals surface area contributed by atoms with Crippen LogP contribution < -0.4 is 14.9 Å². The number of halogens is 1. The second kappa shape index (κ2) is 9.62. The Morgan fingerprint density at radius 3 is 2.88 bits per heavy atom. The topological polar surface area (TPSA) is 80.2 Å². The van der Waals surface area contributed by atoms with Crippen LogP contribution >= 0.6 is 15.9 Å².